The number of nitrogens with one attached hydrogen (secondary N) is 1. The lowest BCUT2D eigenvalue weighted by molar-refractivity contribution is -0.121. The highest BCUT2D eigenvalue weighted by Crippen LogP contribution is 2.18. The van der Waals surface area contributed by atoms with E-state index in [0.717, 1.165) is 22.6 Å². The van der Waals surface area contributed by atoms with Gasteiger partial charge in [-0.3, -0.25) is 9.59 Å². The maximum absolute atomic E-state index is 12.4. The third-order valence-corrected chi connectivity index (χ3v) is 5.20. The summed E-state index contributed by atoms with van der Waals surface area (Å²) in [6, 6.07) is 16.2. The van der Waals surface area contributed by atoms with Crippen LogP contribution >= 0.6 is 0 Å². The van der Waals surface area contributed by atoms with Crippen LogP contribution < -0.4 is 15.9 Å². The normalized spacial score (nSPS) is 14.8. The fraction of sp³-hybridized carbons (Fsp3) is 0.348. The molecule has 0 radical (unpaired) electrons. The van der Waals surface area contributed by atoms with Gasteiger partial charge in [-0.15, -0.1) is 0 Å². The summed E-state index contributed by atoms with van der Waals surface area (Å²) in [6.45, 7) is 2.66. The SMILES string of the molecule is C[C@@H](CC(=O)NC[C@H](Cc1ccc2c(c1)=CC(=O)N=2)N(C)C)c1ccccc1. The molecule has 3 rings (SSSR count). The standard InChI is InChI=1S/C23H27N3O2/c1-16(18-7-5-4-6-8-18)11-22(27)24-15-20(26(2)3)13-17-9-10-21-19(12-17)14-23(28)25-21/h4-10,12,14,16,20H,11,13,15H2,1-3H3,(H,24,27)/t16-,20-/m0/s1. The number of fused-ring (bicyclic) bond motifs is 1. The Kier molecular flexibility index (Phi) is 6.37. The number of rotatable bonds is 8. The molecular weight excluding hydrogens is 350 g/mol. The number of amides is 2. The van der Waals surface area contributed by atoms with Crippen molar-refractivity contribution in [2.45, 2.75) is 31.7 Å². The molecule has 0 unspecified atom stereocenters. The third-order valence-electron chi connectivity index (χ3n) is 5.20. The van der Waals surface area contributed by atoms with Gasteiger partial charge in [0.2, 0.25) is 5.91 Å². The van der Waals surface area contributed by atoms with E-state index in [2.05, 4.69) is 34.3 Å². The van der Waals surface area contributed by atoms with Gasteiger partial charge in [0.05, 0.1) is 5.36 Å². The lowest BCUT2D eigenvalue weighted by atomic mass is 9.97. The summed E-state index contributed by atoms with van der Waals surface area (Å²) in [7, 11) is 4.03. The molecule has 2 aromatic rings. The van der Waals surface area contributed by atoms with E-state index in [4.69, 9.17) is 0 Å². The molecule has 1 aliphatic rings. The van der Waals surface area contributed by atoms with Gasteiger partial charge in [-0.1, -0.05) is 43.3 Å². The molecule has 5 heteroatoms. The number of likely N-dealkylation sites (N-methyl/N-ethyl adjacent to an activating group) is 1. The second kappa shape index (κ2) is 8.93. The molecule has 0 saturated heterocycles. The molecule has 146 valence electrons. The molecule has 0 aromatic heterocycles. The van der Waals surface area contributed by atoms with E-state index < -0.39 is 0 Å². The van der Waals surface area contributed by atoms with Crippen molar-refractivity contribution in [1.29, 1.82) is 0 Å². The van der Waals surface area contributed by atoms with Gasteiger partial charge in [0.15, 0.2) is 0 Å². The van der Waals surface area contributed by atoms with Crippen molar-refractivity contribution in [3.8, 4) is 0 Å². The van der Waals surface area contributed by atoms with Gasteiger partial charge >= 0.3 is 0 Å². The van der Waals surface area contributed by atoms with Gasteiger partial charge in [-0.2, -0.15) is 0 Å². The average molecular weight is 377 g/mol. The van der Waals surface area contributed by atoms with Crippen LogP contribution in [0.2, 0.25) is 0 Å². The maximum Gasteiger partial charge on any atom is 0.270 e. The number of hydrogen-bond donors (Lipinski definition) is 1. The monoisotopic (exact) mass is 377 g/mol. The number of carbonyl (C=O) groups excluding carboxylic acids is 2. The van der Waals surface area contributed by atoms with Crippen LogP contribution in [0.5, 0.6) is 0 Å². The van der Waals surface area contributed by atoms with Gasteiger partial charge in [-0.25, -0.2) is 4.99 Å². The van der Waals surface area contributed by atoms with E-state index in [9.17, 15) is 9.59 Å². The van der Waals surface area contributed by atoms with E-state index in [1.165, 1.54) is 5.56 Å². The predicted molar refractivity (Wildman–Crippen MR) is 110 cm³/mol. The highest BCUT2D eigenvalue weighted by molar-refractivity contribution is 6.06. The molecule has 0 spiro atoms. The van der Waals surface area contributed by atoms with E-state index in [-0.39, 0.29) is 23.8 Å². The second-order valence-corrected chi connectivity index (χ2v) is 7.63. The molecule has 1 heterocycles. The topological polar surface area (TPSA) is 61.8 Å². The quantitative estimate of drug-likeness (QED) is 0.757. The molecule has 1 aliphatic heterocycles. The predicted octanol–water partition coefficient (Wildman–Crippen LogP) is 1.41. The largest absolute Gasteiger partial charge is 0.355 e. The minimum Gasteiger partial charge on any atom is -0.355 e. The van der Waals surface area contributed by atoms with E-state index in [1.54, 1.807) is 6.08 Å². The Balaban J connectivity index is 1.57. The van der Waals surface area contributed by atoms with Gasteiger partial charge in [-0.05, 0) is 49.7 Å². The highest BCUT2D eigenvalue weighted by Gasteiger charge is 2.16. The van der Waals surface area contributed by atoms with Gasteiger partial charge in [0.1, 0.15) is 0 Å². The van der Waals surface area contributed by atoms with Crippen LogP contribution in [-0.4, -0.2) is 43.4 Å². The van der Waals surface area contributed by atoms with Crippen molar-refractivity contribution in [1.82, 2.24) is 10.2 Å². The Morgan fingerprint density at radius 1 is 1.14 bits per heavy atom. The molecule has 2 atom stereocenters. The van der Waals surface area contributed by atoms with Crippen LogP contribution in [0.25, 0.3) is 6.08 Å². The summed E-state index contributed by atoms with van der Waals surface area (Å²) in [5, 5.41) is 4.69. The summed E-state index contributed by atoms with van der Waals surface area (Å²) < 4.78 is 0. The molecule has 28 heavy (non-hydrogen) atoms. The van der Waals surface area contributed by atoms with Crippen molar-refractivity contribution in [3.63, 3.8) is 0 Å². The van der Waals surface area contributed by atoms with Crippen LogP contribution in [0, 0.1) is 0 Å². The van der Waals surface area contributed by atoms with Crippen molar-refractivity contribution < 1.29 is 9.59 Å². The van der Waals surface area contributed by atoms with E-state index >= 15 is 0 Å². The van der Waals surface area contributed by atoms with Crippen LogP contribution in [0.1, 0.15) is 30.4 Å². The number of benzene rings is 2. The lowest BCUT2D eigenvalue weighted by Gasteiger charge is -2.25. The molecule has 0 saturated carbocycles. The Labute approximate surface area is 165 Å². The molecule has 5 nitrogen and oxygen atoms in total. The molecule has 0 bridgehead atoms. The first-order chi connectivity index (χ1) is 13.4. The molecular formula is C23H27N3O2. The molecule has 0 fully saturated rings. The highest BCUT2D eigenvalue weighted by atomic mass is 16.2. The van der Waals surface area contributed by atoms with Crippen LogP contribution in [-0.2, 0) is 16.0 Å². The van der Waals surface area contributed by atoms with Gasteiger partial charge in [0, 0.05) is 30.3 Å². The number of nitrogens with zero attached hydrogens (tertiary/aromatic N) is 2. The molecule has 1 N–H and O–H groups in total. The third kappa shape index (κ3) is 5.14. The van der Waals surface area contributed by atoms with E-state index in [1.807, 2.05) is 50.5 Å². The summed E-state index contributed by atoms with van der Waals surface area (Å²) in [5.41, 5.74) is 2.31. The van der Waals surface area contributed by atoms with Crippen LogP contribution in [0.4, 0.5) is 0 Å². The van der Waals surface area contributed by atoms with Crippen molar-refractivity contribution >= 4 is 17.9 Å². The average Bonchev–Trinajstić information content (AvgIpc) is 3.04. The minimum atomic E-state index is -0.198. The van der Waals surface area contributed by atoms with Gasteiger partial charge in [0.25, 0.3) is 5.91 Å². The molecule has 0 aliphatic carbocycles. The first-order valence-electron chi connectivity index (χ1n) is 9.64. The summed E-state index contributed by atoms with van der Waals surface area (Å²) in [6.07, 6.45) is 2.83. The fourth-order valence-corrected chi connectivity index (χ4v) is 3.42. The summed E-state index contributed by atoms with van der Waals surface area (Å²) in [5.74, 6) is 0.0542. The Morgan fingerprint density at radius 3 is 2.61 bits per heavy atom. The number of carbonyl (C=O) groups is 2. The fourth-order valence-electron chi connectivity index (χ4n) is 3.42. The van der Waals surface area contributed by atoms with Crippen molar-refractivity contribution in [3.05, 3.63) is 70.2 Å². The first kappa shape index (κ1) is 20.0. The van der Waals surface area contributed by atoms with Crippen LogP contribution in [0.15, 0.2) is 53.5 Å². The van der Waals surface area contributed by atoms with Crippen molar-refractivity contribution in [2.24, 2.45) is 4.99 Å². The molecule has 2 amide bonds. The zero-order valence-electron chi connectivity index (χ0n) is 16.7. The first-order valence-corrected chi connectivity index (χ1v) is 9.64. The summed E-state index contributed by atoms with van der Waals surface area (Å²) >= 11 is 0. The Morgan fingerprint density at radius 2 is 1.89 bits per heavy atom. The summed E-state index contributed by atoms with van der Waals surface area (Å²) in [4.78, 5) is 29.9. The maximum atomic E-state index is 12.4. The lowest BCUT2D eigenvalue weighted by Crippen LogP contribution is -2.42. The minimum absolute atomic E-state index is 0.0647. The Bertz CT molecular complexity index is 967. The number of hydrogen-bond acceptors (Lipinski definition) is 3. The zero-order valence-corrected chi connectivity index (χ0v) is 16.7. The van der Waals surface area contributed by atoms with E-state index in [0.29, 0.717) is 13.0 Å². The smallest absolute Gasteiger partial charge is 0.270 e. The zero-order chi connectivity index (χ0) is 20.1. The van der Waals surface area contributed by atoms with Crippen LogP contribution in [0.3, 0.4) is 0 Å². The molecule has 2 aromatic carbocycles. The Hall–Kier alpha value is -2.79. The van der Waals surface area contributed by atoms with Crippen molar-refractivity contribution in [2.75, 3.05) is 20.6 Å². The second-order valence-electron chi connectivity index (χ2n) is 7.63. The van der Waals surface area contributed by atoms with Gasteiger partial charge < -0.3 is 10.2 Å².